The lowest BCUT2D eigenvalue weighted by Gasteiger charge is -2.23. The number of nitrogens with zero attached hydrogens (tertiary/aromatic N) is 1. The van der Waals surface area contributed by atoms with Crippen LogP contribution in [-0.4, -0.2) is 59.8 Å². The van der Waals surface area contributed by atoms with Crippen molar-refractivity contribution in [3.63, 3.8) is 0 Å². The number of carboxylic acids is 1. The van der Waals surface area contributed by atoms with Crippen LogP contribution in [0.3, 0.4) is 0 Å². The average Bonchev–Trinajstić information content (AvgIpc) is 2.71. The van der Waals surface area contributed by atoms with Crippen molar-refractivity contribution in [3.8, 4) is 0 Å². The minimum Gasteiger partial charge on any atom is -0.480 e. The summed E-state index contributed by atoms with van der Waals surface area (Å²) in [6.45, 7) is 1.84. The molecule has 1 heterocycles. The van der Waals surface area contributed by atoms with Crippen LogP contribution >= 0.6 is 0 Å². The number of urea groups is 1. The summed E-state index contributed by atoms with van der Waals surface area (Å²) in [6, 6.07) is -1.88. The first-order chi connectivity index (χ1) is 8.85. The Morgan fingerprint density at radius 1 is 1.53 bits per heavy atom. The third-order valence-electron chi connectivity index (χ3n) is 3.02. The van der Waals surface area contributed by atoms with Gasteiger partial charge < -0.3 is 25.8 Å². The van der Waals surface area contributed by atoms with E-state index < -0.39 is 30.0 Å². The predicted molar refractivity (Wildman–Crippen MR) is 65.3 cm³/mol. The fourth-order valence-electron chi connectivity index (χ4n) is 2.07. The molecular weight excluding hydrogens is 254 g/mol. The van der Waals surface area contributed by atoms with Gasteiger partial charge in [0.2, 0.25) is 5.91 Å². The van der Waals surface area contributed by atoms with Crippen molar-refractivity contribution in [2.75, 3.05) is 13.7 Å². The highest BCUT2D eigenvalue weighted by Crippen LogP contribution is 2.20. The molecule has 3 atom stereocenters. The Bertz CT molecular complexity index is 373. The Morgan fingerprint density at radius 3 is 2.63 bits per heavy atom. The maximum atomic E-state index is 12.0. The van der Waals surface area contributed by atoms with Crippen LogP contribution in [0.5, 0.6) is 0 Å². The van der Waals surface area contributed by atoms with Gasteiger partial charge in [-0.1, -0.05) is 0 Å². The smallest absolute Gasteiger partial charge is 0.326 e. The minimum absolute atomic E-state index is 0.00498. The molecule has 0 aliphatic carbocycles. The molecule has 108 valence electrons. The molecule has 8 nitrogen and oxygen atoms in total. The Kier molecular flexibility index (Phi) is 5.11. The van der Waals surface area contributed by atoms with Crippen molar-refractivity contribution in [2.45, 2.75) is 38.0 Å². The zero-order valence-electron chi connectivity index (χ0n) is 11.0. The number of ether oxygens (including phenoxy) is 1. The Morgan fingerprint density at radius 2 is 2.16 bits per heavy atom. The molecule has 8 heteroatoms. The van der Waals surface area contributed by atoms with Gasteiger partial charge in [-0.15, -0.1) is 0 Å². The van der Waals surface area contributed by atoms with E-state index in [2.05, 4.69) is 5.32 Å². The van der Waals surface area contributed by atoms with Crippen LogP contribution in [0.15, 0.2) is 0 Å². The number of aliphatic carboxylic acids is 1. The molecular formula is C11H19N3O5. The van der Waals surface area contributed by atoms with Gasteiger partial charge in [-0.05, 0) is 6.92 Å². The van der Waals surface area contributed by atoms with E-state index in [1.54, 1.807) is 6.92 Å². The summed E-state index contributed by atoms with van der Waals surface area (Å²) in [5, 5.41) is 11.6. The van der Waals surface area contributed by atoms with E-state index in [0.29, 0.717) is 0 Å². The van der Waals surface area contributed by atoms with Gasteiger partial charge in [0.25, 0.3) is 0 Å². The first kappa shape index (κ1) is 15.2. The third-order valence-corrected chi connectivity index (χ3v) is 3.02. The molecule has 0 radical (unpaired) electrons. The normalized spacial score (nSPS) is 24.0. The summed E-state index contributed by atoms with van der Waals surface area (Å²) < 4.78 is 5.08. The fraction of sp³-hybridized carbons (Fsp3) is 0.727. The number of rotatable bonds is 5. The van der Waals surface area contributed by atoms with E-state index in [1.807, 2.05) is 0 Å². The number of methoxy groups -OCH3 is 1. The predicted octanol–water partition coefficient (Wildman–Crippen LogP) is -0.866. The molecule has 0 spiro atoms. The zero-order valence-corrected chi connectivity index (χ0v) is 11.0. The van der Waals surface area contributed by atoms with Crippen molar-refractivity contribution in [3.05, 3.63) is 0 Å². The third kappa shape index (κ3) is 4.09. The first-order valence-corrected chi connectivity index (χ1v) is 5.96. The second-order valence-corrected chi connectivity index (χ2v) is 4.62. The summed E-state index contributed by atoms with van der Waals surface area (Å²) in [5.74, 6) is -1.60. The van der Waals surface area contributed by atoms with Crippen LogP contribution in [-0.2, 0) is 14.3 Å². The summed E-state index contributed by atoms with van der Waals surface area (Å²) in [6.07, 6.45) is -0.0348. The number of carboxylic acid groups (broad SMARTS) is 1. The van der Waals surface area contributed by atoms with Crippen molar-refractivity contribution < 1.29 is 24.2 Å². The van der Waals surface area contributed by atoms with E-state index in [9.17, 15) is 14.4 Å². The lowest BCUT2D eigenvalue weighted by atomic mass is 10.2. The molecule has 1 rings (SSSR count). The first-order valence-electron chi connectivity index (χ1n) is 5.96. The second kappa shape index (κ2) is 6.37. The second-order valence-electron chi connectivity index (χ2n) is 4.62. The molecule has 1 fully saturated rings. The molecule has 19 heavy (non-hydrogen) atoms. The quantitative estimate of drug-likeness (QED) is 0.601. The van der Waals surface area contributed by atoms with Crippen molar-refractivity contribution in [1.29, 1.82) is 0 Å². The van der Waals surface area contributed by atoms with Gasteiger partial charge in [0.05, 0.1) is 6.10 Å². The minimum atomic E-state index is -1.07. The van der Waals surface area contributed by atoms with Crippen LogP contribution in [0.1, 0.15) is 19.8 Å². The van der Waals surface area contributed by atoms with Gasteiger partial charge in [0, 0.05) is 32.5 Å². The van der Waals surface area contributed by atoms with Crippen LogP contribution < -0.4 is 11.1 Å². The molecule has 0 aromatic rings. The Balaban J connectivity index is 2.63. The van der Waals surface area contributed by atoms with Gasteiger partial charge >= 0.3 is 12.0 Å². The molecule has 3 amide bonds. The zero-order chi connectivity index (χ0) is 14.6. The van der Waals surface area contributed by atoms with Gasteiger partial charge in [-0.3, -0.25) is 4.79 Å². The topological polar surface area (TPSA) is 122 Å². The van der Waals surface area contributed by atoms with E-state index in [0.717, 1.165) is 0 Å². The number of primary amides is 1. The Hall–Kier alpha value is -1.83. The Labute approximate surface area is 110 Å². The maximum absolute atomic E-state index is 12.0. The van der Waals surface area contributed by atoms with Gasteiger partial charge in [0.15, 0.2) is 0 Å². The van der Waals surface area contributed by atoms with Gasteiger partial charge in [-0.2, -0.15) is 0 Å². The lowest BCUT2D eigenvalue weighted by molar-refractivity contribution is -0.141. The summed E-state index contributed by atoms with van der Waals surface area (Å²) in [4.78, 5) is 35.0. The van der Waals surface area contributed by atoms with Crippen LogP contribution in [0, 0.1) is 0 Å². The summed E-state index contributed by atoms with van der Waals surface area (Å²) in [7, 11) is 1.47. The van der Waals surface area contributed by atoms with E-state index in [-0.39, 0.29) is 25.5 Å². The van der Waals surface area contributed by atoms with Crippen LogP contribution in [0.4, 0.5) is 4.79 Å². The molecule has 1 aliphatic heterocycles. The van der Waals surface area contributed by atoms with Crippen molar-refractivity contribution in [1.82, 2.24) is 10.2 Å². The lowest BCUT2D eigenvalue weighted by Crippen LogP contribution is -2.49. The highest BCUT2D eigenvalue weighted by atomic mass is 16.5. The van der Waals surface area contributed by atoms with E-state index in [4.69, 9.17) is 15.6 Å². The average molecular weight is 273 g/mol. The summed E-state index contributed by atoms with van der Waals surface area (Å²) in [5.41, 5.74) is 5.02. The SMILES string of the molecule is COC1CC(C(=O)O)N(C(=O)NC(C)CC(N)=O)C1. The van der Waals surface area contributed by atoms with Gasteiger partial charge in [0.1, 0.15) is 6.04 Å². The van der Waals surface area contributed by atoms with Crippen LogP contribution in [0.2, 0.25) is 0 Å². The largest absolute Gasteiger partial charge is 0.480 e. The maximum Gasteiger partial charge on any atom is 0.326 e. The highest BCUT2D eigenvalue weighted by molar-refractivity contribution is 5.84. The molecule has 1 aliphatic rings. The number of amides is 3. The molecule has 1 saturated heterocycles. The molecule has 4 N–H and O–H groups in total. The fourth-order valence-corrected chi connectivity index (χ4v) is 2.07. The summed E-state index contributed by atoms with van der Waals surface area (Å²) >= 11 is 0. The molecule has 0 bridgehead atoms. The molecule has 0 aromatic heterocycles. The number of carbonyl (C=O) groups is 3. The monoisotopic (exact) mass is 273 g/mol. The van der Waals surface area contributed by atoms with Crippen LogP contribution in [0.25, 0.3) is 0 Å². The number of likely N-dealkylation sites (tertiary alicyclic amines) is 1. The number of nitrogens with one attached hydrogen (secondary N) is 1. The number of hydrogen-bond donors (Lipinski definition) is 3. The molecule has 0 aromatic carbocycles. The molecule has 0 saturated carbocycles. The number of nitrogens with two attached hydrogens (primary N) is 1. The van der Waals surface area contributed by atoms with Crippen molar-refractivity contribution in [2.24, 2.45) is 5.73 Å². The van der Waals surface area contributed by atoms with E-state index >= 15 is 0 Å². The number of carbonyl (C=O) groups excluding carboxylic acids is 2. The number of hydrogen-bond acceptors (Lipinski definition) is 4. The standard InChI is InChI=1S/C11H19N3O5/c1-6(3-9(12)15)13-11(18)14-5-7(19-2)4-8(14)10(16)17/h6-8H,3-5H2,1-2H3,(H2,12,15)(H,13,18)(H,16,17). The van der Waals surface area contributed by atoms with Crippen molar-refractivity contribution >= 4 is 17.9 Å². The highest BCUT2D eigenvalue weighted by Gasteiger charge is 2.40. The van der Waals surface area contributed by atoms with Gasteiger partial charge in [-0.25, -0.2) is 9.59 Å². The van der Waals surface area contributed by atoms with E-state index in [1.165, 1.54) is 12.0 Å². The molecule has 3 unspecified atom stereocenters.